The lowest BCUT2D eigenvalue weighted by Crippen LogP contribution is -2.41. The van der Waals surface area contributed by atoms with Gasteiger partial charge in [0, 0.05) is 32.5 Å². The molecular formula is C21H31IN4O. The van der Waals surface area contributed by atoms with Gasteiger partial charge >= 0.3 is 0 Å². The van der Waals surface area contributed by atoms with E-state index in [0.29, 0.717) is 6.61 Å². The molecule has 0 fully saturated rings. The maximum atomic E-state index is 5.89. The summed E-state index contributed by atoms with van der Waals surface area (Å²) in [5.74, 6) is 1.79. The average molecular weight is 482 g/mol. The number of aryl methyl sites for hydroxylation is 3. The van der Waals surface area contributed by atoms with Crippen molar-refractivity contribution < 1.29 is 4.74 Å². The van der Waals surface area contributed by atoms with Crippen molar-refractivity contribution in [2.75, 3.05) is 33.8 Å². The maximum absolute atomic E-state index is 5.89. The van der Waals surface area contributed by atoms with Crippen LogP contribution in [0.2, 0.25) is 0 Å². The van der Waals surface area contributed by atoms with Crippen LogP contribution >= 0.6 is 24.0 Å². The van der Waals surface area contributed by atoms with Crippen molar-refractivity contribution in [1.82, 2.24) is 15.2 Å². The highest BCUT2D eigenvalue weighted by Gasteiger charge is 2.06. The van der Waals surface area contributed by atoms with Gasteiger partial charge in [-0.1, -0.05) is 12.1 Å². The Kier molecular flexibility index (Phi) is 10.1. The van der Waals surface area contributed by atoms with Crippen molar-refractivity contribution in [1.29, 1.82) is 0 Å². The number of hydrogen-bond acceptors (Lipinski definition) is 3. The second-order valence-corrected chi connectivity index (χ2v) is 6.63. The van der Waals surface area contributed by atoms with E-state index in [9.17, 15) is 0 Å². The van der Waals surface area contributed by atoms with E-state index < -0.39 is 0 Å². The van der Waals surface area contributed by atoms with Gasteiger partial charge < -0.3 is 15.0 Å². The molecule has 148 valence electrons. The van der Waals surface area contributed by atoms with Crippen LogP contribution in [-0.2, 0) is 6.42 Å². The first-order chi connectivity index (χ1) is 12.5. The highest BCUT2D eigenvalue weighted by Crippen LogP contribution is 2.16. The first-order valence-corrected chi connectivity index (χ1v) is 9.02. The van der Waals surface area contributed by atoms with Crippen molar-refractivity contribution in [3.8, 4) is 5.75 Å². The van der Waals surface area contributed by atoms with Gasteiger partial charge in [-0.15, -0.1) is 24.0 Å². The summed E-state index contributed by atoms with van der Waals surface area (Å²) in [6, 6.07) is 10.4. The molecule has 0 unspecified atom stereocenters. The molecule has 0 atom stereocenters. The maximum Gasteiger partial charge on any atom is 0.193 e. The fraction of sp³-hybridized carbons (Fsp3) is 0.429. The Morgan fingerprint density at radius 2 is 1.85 bits per heavy atom. The van der Waals surface area contributed by atoms with Gasteiger partial charge in [-0.3, -0.25) is 9.98 Å². The fourth-order valence-corrected chi connectivity index (χ4v) is 2.77. The summed E-state index contributed by atoms with van der Waals surface area (Å²) in [6.45, 7) is 8.36. The van der Waals surface area contributed by atoms with Gasteiger partial charge in [0.15, 0.2) is 5.96 Å². The lowest BCUT2D eigenvalue weighted by atomic mass is 10.1. The Hall–Kier alpha value is -1.83. The zero-order chi connectivity index (χ0) is 18.9. The minimum atomic E-state index is 0. The number of hydrogen-bond donors (Lipinski definition) is 1. The predicted octanol–water partition coefficient (Wildman–Crippen LogP) is 3.75. The molecule has 0 saturated carbocycles. The van der Waals surface area contributed by atoms with Gasteiger partial charge in [0.1, 0.15) is 12.4 Å². The highest BCUT2D eigenvalue weighted by atomic mass is 127. The number of likely N-dealkylation sites (N-methyl/N-ethyl adjacent to an activating group) is 1. The van der Waals surface area contributed by atoms with E-state index in [1.54, 1.807) is 7.05 Å². The molecule has 0 saturated heterocycles. The van der Waals surface area contributed by atoms with Crippen molar-refractivity contribution in [2.24, 2.45) is 4.99 Å². The fourth-order valence-electron chi connectivity index (χ4n) is 2.77. The summed E-state index contributed by atoms with van der Waals surface area (Å²) in [6.07, 6.45) is 2.85. The first-order valence-electron chi connectivity index (χ1n) is 9.02. The third-order valence-corrected chi connectivity index (χ3v) is 4.13. The summed E-state index contributed by atoms with van der Waals surface area (Å²) in [4.78, 5) is 10.8. The average Bonchev–Trinajstić information content (AvgIpc) is 2.59. The quantitative estimate of drug-likeness (QED) is 0.371. The number of pyridine rings is 1. The second-order valence-electron chi connectivity index (χ2n) is 6.63. The topological polar surface area (TPSA) is 49.8 Å². The summed E-state index contributed by atoms with van der Waals surface area (Å²) in [5, 5.41) is 3.39. The van der Waals surface area contributed by atoms with Crippen molar-refractivity contribution in [2.45, 2.75) is 27.2 Å². The minimum Gasteiger partial charge on any atom is -0.492 e. The molecule has 1 heterocycles. The van der Waals surface area contributed by atoms with E-state index in [1.165, 1.54) is 16.7 Å². The molecule has 0 radical (unpaired) electrons. The molecule has 2 rings (SSSR count). The van der Waals surface area contributed by atoms with Crippen molar-refractivity contribution >= 4 is 29.9 Å². The predicted molar refractivity (Wildman–Crippen MR) is 123 cm³/mol. The Morgan fingerprint density at radius 3 is 2.44 bits per heavy atom. The van der Waals surface area contributed by atoms with Gasteiger partial charge in [0.05, 0.1) is 6.54 Å². The number of guanidine groups is 1. The van der Waals surface area contributed by atoms with E-state index in [-0.39, 0.29) is 24.0 Å². The summed E-state index contributed by atoms with van der Waals surface area (Å²) < 4.78 is 5.89. The van der Waals surface area contributed by atoms with Crippen LogP contribution in [0, 0.1) is 20.8 Å². The van der Waals surface area contributed by atoms with Crippen molar-refractivity contribution in [3.63, 3.8) is 0 Å². The normalized spacial score (nSPS) is 10.9. The van der Waals surface area contributed by atoms with Gasteiger partial charge in [0.2, 0.25) is 0 Å². The number of benzene rings is 1. The molecule has 2 aromatic rings. The van der Waals surface area contributed by atoms with Crippen LogP contribution in [0.15, 0.2) is 41.5 Å². The Balaban J connectivity index is 0.00000364. The number of ether oxygens (including phenoxy) is 1. The van der Waals surface area contributed by atoms with Crippen LogP contribution in [-0.4, -0.2) is 49.6 Å². The SMILES string of the molecule is CN=C(NCCc1ccc(C)nc1)N(C)CCOc1cc(C)cc(C)c1.I. The third kappa shape index (κ3) is 8.15. The van der Waals surface area contributed by atoms with E-state index in [0.717, 1.165) is 36.9 Å². The van der Waals surface area contributed by atoms with Crippen LogP contribution in [0.5, 0.6) is 5.75 Å². The highest BCUT2D eigenvalue weighted by molar-refractivity contribution is 14.0. The number of nitrogens with zero attached hydrogens (tertiary/aromatic N) is 3. The molecule has 0 spiro atoms. The lowest BCUT2D eigenvalue weighted by molar-refractivity contribution is 0.281. The van der Waals surface area contributed by atoms with Crippen LogP contribution in [0.3, 0.4) is 0 Å². The number of rotatable bonds is 7. The monoisotopic (exact) mass is 482 g/mol. The minimum absolute atomic E-state index is 0. The molecule has 27 heavy (non-hydrogen) atoms. The Labute approximate surface area is 180 Å². The molecule has 0 aliphatic carbocycles. The van der Waals surface area contributed by atoms with Crippen LogP contribution in [0.25, 0.3) is 0 Å². The summed E-state index contributed by atoms with van der Waals surface area (Å²) in [7, 11) is 3.82. The third-order valence-electron chi connectivity index (χ3n) is 4.13. The Morgan fingerprint density at radius 1 is 1.15 bits per heavy atom. The van der Waals surface area contributed by atoms with Crippen molar-refractivity contribution in [3.05, 3.63) is 58.9 Å². The number of nitrogens with one attached hydrogen (secondary N) is 1. The van der Waals surface area contributed by atoms with E-state index in [4.69, 9.17) is 4.74 Å². The van der Waals surface area contributed by atoms with Gasteiger partial charge in [-0.05, 0) is 62.1 Å². The number of aromatic nitrogens is 1. The van der Waals surface area contributed by atoms with E-state index in [1.807, 2.05) is 26.2 Å². The second kappa shape index (κ2) is 11.8. The zero-order valence-electron chi connectivity index (χ0n) is 17.0. The van der Waals surface area contributed by atoms with Gasteiger partial charge in [-0.25, -0.2) is 0 Å². The molecule has 1 N–H and O–H groups in total. The largest absolute Gasteiger partial charge is 0.492 e. The molecule has 5 nitrogen and oxygen atoms in total. The summed E-state index contributed by atoms with van der Waals surface area (Å²) in [5.41, 5.74) is 4.70. The molecule has 0 aliphatic heterocycles. The van der Waals surface area contributed by atoms with Gasteiger partial charge in [-0.2, -0.15) is 0 Å². The molecule has 0 aliphatic rings. The van der Waals surface area contributed by atoms with Crippen LogP contribution in [0.1, 0.15) is 22.4 Å². The first kappa shape index (κ1) is 23.2. The van der Waals surface area contributed by atoms with E-state index in [2.05, 4.69) is 58.3 Å². The molecule has 1 aromatic heterocycles. The molecule has 0 bridgehead atoms. The zero-order valence-corrected chi connectivity index (χ0v) is 19.3. The van der Waals surface area contributed by atoms with E-state index >= 15 is 0 Å². The van der Waals surface area contributed by atoms with Gasteiger partial charge in [0.25, 0.3) is 0 Å². The standard InChI is InChI=1S/C21H30N4O.HI/c1-16-12-17(2)14-20(13-16)26-11-10-25(5)21(22-4)23-9-8-19-7-6-18(3)24-15-19;/h6-7,12-15H,8-11H2,1-5H3,(H,22,23);1H. The summed E-state index contributed by atoms with van der Waals surface area (Å²) >= 11 is 0. The lowest BCUT2D eigenvalue weighted by Gasteiger charge is -2.22. The number of aliphatic imine (C=N–C) groups is 1. The molecule has 6 heteroatoms. The molecular weight excluding hydrogens is 451 g/mol. The number of halogens is 1. The van der Waals surface area contributed by atoms with Crippen LogP contribution < -0.4 is 10.1 Å². The smallest absolute Gasteiger partial charge is 0.193 e. The Bertz CT molecular complexity index is 711. The van der Waals surface area contributed by atoms with Crippen LogP contribution in [0.4, 0.5) is 0 Å². The molecule has 0 amide bonds. The molecule has 1 aromatic carbocycles.